The van der Waals surface area contributed by atoms with Gasteiger partial charge in [-0.15, -0.1) is 4.40 Å². The van der Waals surface area contributed by atoms with Crippen LogP contribution in [0, 0.1) is 0 Å². The molecule has 0 N–H and O–H groups in total. The molecule has 0 spiro atoms. The van der Waals surface area contributed by atoms with Gasteiger partial charge in [-0.1, -0.05) is 3.89 Å². The molecule has 0 saturated heterocycles. The van der Waals surface area contributed by atoms with Gasteiger partial charge in [0, 0.05) is 13.1 Å². The van der Waals surface area contributed by atoms with Gasteiger partial charge >= 0.3 is 10.4 Å². The summed E-state index contributed by atoms with van der Waals surface area (Å²) in [5.74, 6) is 0.183. The highest BCUT2D eigenvalue weighted by molar-refractivity contribution is 7.85. The van der Waals surface area contributed by atoms with Gasteiger partial charge in [0.2, 0.25) is 0 Å². The van der Waals surface area contributed by atoms with E-state index < -0.39 is 10.4 Å². The smallest absolute Gasteiger partial charge is 0.360 e. The van der Waals surface area contributed by atoms with Crippen LogP contribution in [0.5, 0.6) is 0 Å². The van der Waals surface area contributed by atoms with Gasteiger partial charge in [-0.25, -0.2) is 0 Å². The predicted molar refractivity (Wildman–Crippen MR) is 46.1 cm³/mol. The zero-order valence-corrected chi connectivity index (χ0v) is 8.23. The third-order valence-electron chi connectivity index (χ3n) is 1.46. The quantitative estimate of drug-likeness (QED) is 0.384. The second kappa shape index (κ2) is 4.39. The average Bonchev–Trinajstić information content (AvgIpc) is 1.85. The lowest BCUT2D eigenvalue weighted by molar-refractivity contribution is 0.462. The molecule has 0 radical (unpaired) electrons. The Balaban J connectivity index is 4.57. The van der Waals surface area contributed by atoms with Gasteiger partial charge in [-0.3, -0.25) is 0 Å². The number of nitrogens with zero attached hydrogens (tertiary/aromatic N) is 2. The molecule has 12 heavy (non-hydrogen) atoms. The summed E-state index contributed by atoms with van der Waals surface area (Å²) in [5.41, 5.74) is 0. The van der Waals surface area contributed by atoms with E-state index in [4.69, 9.17) is 0 Å². The van der Waals surface area contributed by atoms with Crippen molar-refractivity contribution in [1.29, 1.82) is 0 Å². The molecule has 0 atom stereocenters. The second-order valence-corrected chi connectivity index (χ2v) is 3.23. The minimum absolute atomic E-state index is 0.183. The Morgan fingerprint density at radius 3 is 2.08 bits per heavy atom. The van der Waals surface area contributed by atoms with Crippen LogP contribution in [-0.2, 0) is 10.4 Å². The molecule has 6 heteroatoms. The molecule has 4 nitrogen and oxygen atoms in total. The van der Waals surface area contributed by atoms with Crippen LogP contribution in [0.4, 0.5) is 3.89 Å². The second-order valence-electron chi connectivity index (χ2n) is 2.22. The SMILES string of the molecule is CCN(CC)C(C)=NS(=O)(=O)F. The van der Waals surface area contributed by atoms with Crippen LogP contribution >= 0.6 is 0 Å². The fourth-order valence-corrected chi connectivity index (χ4v) is 1.33. The Morgan fingerprint density at radius 1 is 1.42 bits per heavy atom. The maximum absolute atomic E-state index is 12.0. The van der Waals surface area contributed by atoms with Gasteiger partial charge in [0.1, 0.15) is 5.84 Å². The highest BCUT2D eigenvalue weighted by Gasteiger charge is 2.07. The van der Waals surface area contributed by atoms with Crippen molar-refractivity contribution in [1.82, 2.24) is 4.90 Å². The first-order chi connectivity index (χ1) is 5.40. The van der Waals surface area contributed by atoms with E-state index >= 15 is 0 Å². The van der Waals surface area contributed by atoms with Crippen molar-refractivity contribution >= 4 is 16.2 Å². The van der Waals surface area contributed by atoms with Gasteiger partial charge in [0.25, 0.3) is 0 Å². The summed E-state index contributed by atoms with van der Waals surface area (Å²) in [6.07, 6.45) is 0. The van der Waals surface area contributed by atoms with Crippen molar-refractivity contribution in [3.63, 3.8) is 0 Å². The molecule has 0 saturated carbocycles. The first kappa shape index (κ1) is 11.4. The summed E-state index contributed by atoms with van der Waals surface area (Å²) in [5, 5.41) is 0. The van der Waals surface area contributed by atoms with Gasteiger partial charge < -0.3 is 4.90 Å². The van der Waals surface area contributed by atoms with Crippen molar-refractivity contribution in [2.75, 3.05) is 13.1 Å². The van der Waals surface area contributed by atoms with Crippen LogP contribution in [0.3, 0.4) is 0 Å². The molecule has 0 aliphatic heterocycles. The van der Waals surface area contributed by atoms with E-state index in [-0.39, 0.29) is 5.84 Å². The zero-order valence-electron chi connectivity index (χ0n) is 7.41. The number of amidine groups is 1. The van der Waals surface area contributed by atoms with Crippen LogP contribution in [0.25, 0.3) is 0 Å². The molecule has 72 valence electrons. The first-order valence-corrected chi connectivity index (χ1v) is 5.00. The van der Waals surface area contributed by atoms with Crippen molar-refractivity contribution in [2.24, 2.45) is 4.40 Å². The minimum Gasteiger partial charge on any atom is -0.360 e. The zero-order chi connectivity index (χ0) is 9.78. The largest absolute Gasteiger partial charge is 0.419 e. The molecular formula is C6H13FN2O2S. The number of halogens is 1. The van der Waals surface area contributed by atoms with E-state index in [1.165, 1.54) is 6.92 Å². The molecule has 0 rings (SSSR count). The fraction of sp³-hybridized carbons (Fsp3) is 0.833. The monoisotopic (exact) mass is 196 g/mol. The van der Waals surface area contributed by atoms with E-state index in [9.17, 15) is 12.3 Å². The summed E-state index contributed by atoms with van der Waals surface area (Å²) in [6, 6.07) is 0. The number of hydrogen-bond acceptors (Lipinski definition) is 2. The number of hydrogen-bond donors (Lipinski definition) is 0. The van der Waals surface area contributed by atoms with Crippen molar-refractivity contribution in [2.45, 2.75) is 20.8 Å². The highest BCUT2D eigenvalue weighted by Crippen LogP contribution is 1.98. The van der Waals surface area contributed by atoms with E-state index in [2.05, 4.69) is 4.40 Å². The number of rotatable bonds is 3. The van der Waals surface area contributed by atoms with Crippen LogP contribution in [0.15, 0.2) is 4.40 Å². The maximum Gasteiger partial charge on any atom is 0.419 e. The molecule has 0 amide bonds. The lowest BCUT2D eigenvalue weighted by atomic mass is 10.5. The molecule has 0 aliphatic rings. The van der Waals surface area contributed by atoms with Gasteiger partial charge in [0.05, 0.1) is 0 Å². The molecule has 0 aromatic heterocycles. The van der Waals surface area contributed by atoms with Crippen LogP contribution in [-0.4, -0.2) is 32.2 Å². The summed E-state index contributed by atoms with van der Waals surface area (Å²) in [7, 11) is -4.74. The predicted octanol–water partition coefficient (Wildman–Crippen LogP) is 0.961. The lowest BCUT2D eigenvalue weighted by Crippen LogP contribution is -2.28. The molecule has 0 unspecified atom stereocenters. The van der Waals surface area contributed by atoms with Gasteiger partial charge in [-0.2, -0.15) is 8.42 Å². The molecular weight excluding hydrogens is 183 g/mol. The van der Waals surface area contributed by atoms with Crippen LogP contribution in [0.1, 0.15) is 20.8 Å². The molecule has 0 aromatic carbocycles. The summed E-state index contributed by atoms with van der Waals surface area (Å²) < 4.78 is 35.1. The van der Waals surface area contributed by atoms with Crippen LogP contribution in [0.2, 0.25) is 0 Å². The molecule has 0 aromatic rings. The topological polar surface area (TPSA) is 49.7 Å². The summed E-state index contributed by atoms with van der Waals surface area (Å²) in [6.45, 7) is 6.37. The minimum atomic E-state index is -4.74. The highest BCUT2D eigenvalue weighted by atomic mass is 32.3. The van der Waals surface area contributed by atoms with Gasteiger partial charge in [0.15, 0.2) is 0 Å². The molecule has 0 fully saturated rings. The molecule has 0 heterocycles. The maximum atomic E-state index is 12.0. The van der Waals surface area contributed by atoms with E-state index in [1.54, 1.807) is 4.90 Å². The average molecular weight is 196 g/mol. The molecule has 0 bridgehead atoms. The van der Waals surface area contributed by atoms with E-state index in [1.807, 2.05) is 13.8 Å². The lowest BCUT2D eigenvalue weighted by Gasteiger charge is -2.18. The Morgan fingerprint density at radius 2 is 1.83 bits per heavy atom. The van der Waals surface area contributed by atoms with E-state index in [0.717, 1.165) is 0 Å². The van der Waals surface area contributed by atoms with Crippen molar-refractivity contribution in [3.8, 4) is 0 Å². The fourth-order valence-electron chi connectivity index (χ4n) is 0.897. The third-order valence-corrected chi connectivity index (χ3v) is 1.94. The van der Waals surface area contributed by atoms with Crippen LogP contribution < -0.4 is 0 Å². The Bertz CT molecular complexity index is 257. The summed E-state index contributed by atoms with van der Waals surface area (Å²) >= 11 is 0. The Kier molecular flexibility index (Phi) is 4.16. The summed E-state index contributed by atoms with van der Waals surface area (Å²) in [4.78, 5) is 1.65. The Labute approximate surface area is 72.4 Å². The molecule has 0 aliphatic carbocycles. The van der Waals surface area contributed by atoms with E-state index in [0.29, 0.717) is 13.1 Å². The third kappa shape index (κ3) is 4.27. The Hall–Kier alpha value is -0.650. The van der Waals surface area contributed by atoms with Gasteiger partial charge in [-0.05, 0) is 20.8 Å². The van der Waals surface area contributed by atoms with Crippen molar-refractivity contribution < 1.29 is 12.3 Å². The standard InChI is InChI=1S/C6H13FN2O2S/c1-4-9(5-2)6(3)8-12(7,10)11/h4-5H2,1-3H3. The van der Waals surface area contributed by atoms with Crippen molar-refractivity contribution in [3.05, 3.63) is 0 Å². The first-order valence-electron chi connectivity index (χ1n) is 3.66. The normalized spacial score (nSPS) is 13.2.